The number of pyridine rings is 1. The molecule has 0 bridgehead atoms. The van der Waals surface area contributed by atoms with Crippen molar-refractivity contribution in [3.8, 4) is 0 Å². The SMILES string of the molecule is CC(C)(C)OC(=O)N1C[C@@H](O[Si](C)(C)C(C)(C)C)C[C@H]1c1ccc(N2CC3CC3C2)nc1. The molecule has 6 nitrogen and oxygen atoms in total. The maximum absolute atomic E-state index is 13.1. The quantitative estimate of drug-likeness (QED) is 0.548. The van der Waals surface area contributed by atoms with Crippen LogP contribution in [0.15, 0.2) is 18.3 Å². The second kappa shape index (κ2) is 8.01. The van der Waals surface area contributed by atoms with Crippen LogP contribution in [0.3, 0.4) is 0 Å². The first kappa shape index (κ1) is 23.6. The molecule has 1 saturated carbocycles. The first-order valence-electron chi connectivity index (χ1n) is 12.1. The van der Waals surface area contributed by atoms with Gasteiger partial charge in [-0.15, -0.1) is 0 Å². The number of ether oxygens (including phenoxy) is 1. The number of aromatic nitrogens is 1. The zero-order chi connectivity index (χ0) is 23.5. The summed E-state index contributed by atoms with van der Waals surface area (Å²) in [5.41, 5.74) is 0.531. The van der Waals surface area contributed by atoms with Gasteiger partial charge >= 0.3 is 6.09 Å². The number of fused-ring (bicyclic) bond motifs is 1. The number of amides is 1. The van der Waals surface area contributed by atoms with E-state index in [1.54, 1.807) is 0 Å². The third kappa shape index (κ3) is 4.98. The molecule has 1 aliphatic carbocycles. The molecule has 2 aliphatic heterocycles. The molecule has 3 heterocycles. The first-order valence-corrected chi connectivity index (χ1v) is 15.0. The summed E-state index contributed by atoms with van der Waals surface area (Å²) in [5.74, 6) is 2.81. The molecule has 178 valence electrons. The van der Waals surface area contributed by atoms with Gasteiger partial charge in [-0.2, -0.15) is 0 Å². The van der Waals surface area contributed by atoms with E-state index in [0.29, 0.717) is 6.54 Å². The number of anilines is 1. The highest BCUT2D eigenvalue weighted by Gasteiger charge is 2.46. The van der Waals surface area contributed by atoms with Crippen molar-refractivity contribution in [1.82, 2.24) is 9.88 Å². The molecule has 3 aliphatic rings. The highest BCUT2D eigenvalue weighted by molar-refractivity contribution is 6.74. The van der Waals surface area contributed by atoms with E-state index in [-0.39, 0.29) is 23.3 Å². The summed E-state index contributed by atoms with van der Waals surface area (Å²) in [6.45, 7) is 19.9. The Labute approximate surface area is 194 Å². The standard InChI is InChI=1S/C25H41N3O3Si/c1-24(2,3)30-23(29)28-16-20(31-32(7,8)25(4,5)6)12-21(28)17-9-10-22(26-13-17)27-14-18-11-19(18)15-27/h9-10,13,18-21H,11-12,14-16H2,1-8H3/t18?,19?,20-,21-/m0/s1. The fourth-order valence-corrected chi connectivity index (χ4v) is 6.04. The average molecular weight is 460 g/mol. The van der Waals surface area contributed by atoms with Crippen LogP contribution in [0.4, 0.5) is 10.6 Å². The zero-order valence-electron chi connectivity index (χ0n) is 21.1. The van der Waals surface area contributed by atoms with Crippen molar-refractivity contribution < 1.29 is 14.0 Å². The van der Waals surface area contributed by atoms with Crippen LogP contribution < -0.4 is 4.90 Å². The molecule has 2 saturated heterocycles. The molecule has 32 heavy (non-hydrogen) atoms. The molecule has 3 fully saturated rings. The van der Waals surface area contributed by atoms with Crippen LogP contribution in [0.25, 0.3) is 0 Å². The van der Waals surface area contributed by atoms with Crippen molar-refractivity contribution >= 4 is 20.2 Å². The van der Waals surface area contributed by atoms with Gasteiger partial charge in [-0.3, -0.25) is 4.90 Å². The first-order chi connectivity index (χ1) is 14.7. The van der Waals surface area contributed by atoms with Crippen molar-refractivity contribution in [2.45, 2.75) is 90.3 Å². The van der Waals surface area contributed by atoms with Crippen LogP contribution in [-0.4, -0.2) is 55.6 Å². The second-order valence-electron chi connectivity index (χ2n) is 12.5. The van der Waals surface area contributed by atoms with E-state index in [0.717, 1.165) is 42.7 Å². The maximum atomic E-state index is 13.1. The lowest BCUT2D eigenvalue weighted by molar-refractivity contribution is 0.0208. The van der Waals surface area contributed by atoms with Gasteiger partial charge in [0.05, 0.1) is 12.1 Å². The minimum atomic E-state index is -1.94. The van der Waals surface area contributed by atoms with Gasteiger partial charge in [-0.05, 0) is 75.2 Å². The summed E-state index contributed by atoms with van der Waals surface area (Å²) >= 11 is 0. The summed E-state index contributed by atoms with van der Waals surface area (Å²) in [6, 6.07) is 4.19. The molecular weight excluding hydrogens is 418 g/mol. The van der Waals surface area contributed by atoms with Crippen molar-refractivity contribution in [1.29, 1.82) is 0 Å². The van der Waals surface area contributed by atoms with E-state index in [1.165, 1.54) is 6.42 Å². The number of carbonyl (C=O) groups is 1. The predicted octanol–water partition coefficient (Wildman–Crippen LogP) is 5.61. The summed E-state index contributed by atoms with van der Waals surface area (Å²) < 4.78 is 12.5. The minimum Gasteiger partial charge on any atom is -0.444 e. The molecule has 0 aromatic carbocycles. The van der Waals surface area contributed by atoms with E-state index in [1.807, 2.05) is 31.9 Å². The Kier molecular flexibility index (Phi) is 5.90. The van der Waals surface area contributed by atoms with Crippen molar-refractivity contribution in [3.05, 3.63) is 23.9 Å². The molecule has 1 amide bonds. The smallest absolute Gasteiger partial charge is 0.410 e. The highest BCUT2D eigenvalue weighted by Crippen LogP contribution is 2.46. The van der Waals surface area contributed by atoms with Gasteiger partial charge in [0.1, 0.15) is 11.4 Å². The largest absolute Gasteiger partial charge is 0.444 e. The maximum Gasteiger partial charge on any atom is 0.410 e. The van der Waals surface area contributed by atoms with Gasteiger partial charge in [-0.25, -0.2) is 9.78 Å². The predicted molar refractivity (Wildman–Crippen MR) is 130 cm³/mol. The number of carbonyl (C=O) groups excluding carboxylic acids is 1. The normalized spacial score (nSPS) is 28.1. The highest BCUT2D eigenvalue weighted by atomic mass is 28.4. The van der Waals surface area contributed by atoms with Crippen LogP contribution in [0.2, 0.25) is 18.1 Å². The Morgan fingerprint density at radius 1 is 1.03 bits per heavy atom. The van der Waals surface area contributed by atoms with Crippen LogP contribution in [-0.2, 0) is 9.16 Å². The zero-order valence-corrected chi connectivity index (χ0v) is 22.1. The van der Waals surface area contributed by atoms with Crippen molar-refractivity contribution in [3.63, 3.8) is 0 Å². The van der Waals surface area contributed by atoms with Gasteiger partial charge in [0.2, 0.25) is 0 Å². The Hall–Kier alpha value is -1.60. The average Bonchev–Trinajstić information content (AvgIpc) is 3.07. The topological polar surface area (TPSA) is 54.9 Å². The van der Waals surface area contributed by atoms with E-state index in [4.69, 9.17) is 14.1 Å². The number of likely N-dealkylation sites (tertiary alicyclic amines) is 1. The summed E-state index contributed by atoms with van der Waals surface area (Å²) in [5, 5.41) is 0.126. The van der Waals surface area contributed by atoms with Gasteiger partial charge in [0, 0.05) is 25.8 Å². The van der Waals surface area contributed by atoms with Crippen LogP contribution in [0.5, 0.6) is 0 Å². The lowest BCUT2D eigenvalue weighted by Gasteiger charge is -2.38. The van der Waals surface area contributed by atoms with Crippen LogP contribution >= 0.6 is 0 Å². The van der Waals surface area contributed by atoms with Gasteiger partial charge in [0.25, 0.3) is 0 Å². The van der Waals surface area contributed by atoms with Gasteiger partial charge in [-0.1, -0.05) is 26.8 Å². The molecular formula is C25H41N3O3Si. The number of piperidine rings is 1. The van der Waals surface area contributed by atoms with Gasteiger partial charge in [0.15, 0.2) is 8.32 Å². The fraction of sp³-hybridized carbons (Fsp3) is 0.760. The third-order valence-electron chi connectivity index (χ3n) is 7.62. The summed E-state index contributed by atoms with van der Waals surface area (Å²) in [7, 11) is -1.94. The molecule has 7 heteroatoms. The second-order valence-corrected chi connectivity index (χ2v) is 17.3. The van der Waals surface area contributed by atoms with Crippen molar-refractivity contribution in [2.75, 3.05) is 24.5 Å². The summed E-state index contributed by atoms with van der Waals surface area (Å²) in [6.07, 6.45) is 3.86. The Morgan fingerprint density at radius 2 is 1.69 bits per heavy atom. The minimum absolute atomic E-state index is 0.0128. The molecule has 0 spiro atoms. The number of hydrogen-bond donors (Lipinski definition) is 0. The molecule has 0 N–H and O–H groups in total. The number of nitrogens with zero attached hydrogens (tertiary/aromatic N) is 3. The lowest BCUT2D eigenvalue weighted by atomic mass is 10.1. The van der Waals surface area contributed by atoms with E-state index >= 15 is 0 Å². The Morgan fingerprint density at radius 3 is 2.22 bits per heavy atom. The van der Waals surface area contributed by atoms with E-state index in [2.05, 4.69) is 50.9 Å². The van der Waals surface area contributed by atoms with Crippen LogP contribution in [0, 0.1) is 11.8 Å². The number of hydrogen-bond acceptors (Lipinski definition) is 5. The molecule has 4 rings (SSSR count). The number of rotatable bonds is 4. The van der Waals surface area contributed by atoms with Crippen molar-refractivity contribution in [2.24, 2.45) is 11.8 Å². The Balaban J connectivity index is 1.52. The molecule has 1 aromatic heterocycles. The Bertz CT molecular complexity index is 833. The molecule has 1 aromatic rings. The third-order valence-corrected chi connectivity index (χ3v) is 12.2. The van der Waals surface area contributed by atoms with E-state index in [9.17, 15) is 4.79 Å². The van der Waals surface area contributed by atoms with Crippen LogP contribution in [0.1, 0.15) is 66.0 Å². The molecule has 0 radical (unpaired) electrons. The fourth-order valence-electron chi connectivity index (χ4n) is 4.68. The monoisotopic (exact) mass is 459 g/mol. The summed E-state index contributed by atoms with van der Waals surface area (Å²) in [4.78, 5) is 22.1. The van der Waals surface area contributed by atoms with E-state index < -0.39 is 13.9 Å². The molecule has 4 atom stereocenters. The molecule has 2 unspecified atom stereocenters. The lowest BCUT2D eigenvalue weighted by Crippen LogP contribution is -2.45. The van der Waals surface area contributed by atoms with Gasteiger partial charge < -0.3 is 14.1 Å².